The molecule has 0 saturated carbocycles. The van der Waals surface area contributed by atoms with Crippen LogP contribution in [0.15, 0.2) is 70.7 Å². The smallest absolute Gasteiger partial charge is 0.263 e. The standard InChI is InChI=1S/C17H15ClN4O5S2/c1-27-17-10-16(19-11-20-17)22-29(25,26)15-8-4-13(5-9-15)21-28(23,24)14-6-2-12(18)3-7-14/h2-11,21H,1H3,(H,19,20,22). The fourth-order valence-electron chi connectivity index (χ4n) is 2.23. The lowest BCUT2D eigenvalue weighted by Crippen LogP contribution is -2.15. The Hall–Kier alpha value is -2.89. The third-order valence-corrected chi connectivity index (χ3v) is 6.65. The fourth-order valence-corrected chi connectivity index (χ4v) is 4.42. The predicted octanol–water partition coefficient (Wildman–Crippen LogP) is 2.74. The van der Waals surface area contributed by atoms with Gasteiger partial charge in [0.1, 0.15) is 12.1 Å². The first kappa shape index (κ1) is 20.8. The van der Waals surface area contributed by atoms with Crippen molar-refractivity contribution in [3.63, 3.8) is 0 Å². The zero-order chi connectivity index (χ0) is 21.1. The van der Waals surface area contributed by atoms with Gasteiger partial charge in [0.25, 0.3) is 20.0 Å². The van der Waals surface area contributed by atoms with Crippen LogP contribution >= 0.6 is 11.6 Å². The largest absolute Gasteiger partial charge is 0.481 e. The average Bonchev–Trinajstić information content (AvgIpc) is 2.68. The molecule has 0 amide bonds. The Balaban J connectivity index is 1.77. The summed E-state index contributed by atoms with van der Waals surface area (Å²) in [6.07, 6.45) is 1.16. The number of nitrogens with one attached hydrogen (secondary N) is 2. The van der Waals surface area contributed by atoms with Crippen molar-refractivity contribution in [2.45, 2.75) is 9.79 Å². The monoisotopic (exact) mass is 454 g/mol. The summed E-state index contributed by atoms with van der Waals surface area (Å²) >= 11 is 5.76. The molecule has 0 aliphatic rings. The SMILES string of the molecule is COc1cc(NS(=O)(=O)c2ccc(NS(=O)(=O)c3ccc(Cl)cc3)cc2)ncn1. The van der Waals surface area contributed by atoms with Gasteiger partial charge in [-0.15, -0.1) is 0 Å². The summed E-state index contributed by atoms with van der Waals surface area (Å²) in [5, 5.41) is 0.410. The van der Waals surface area contributed by atoms with E-state index in [2.05, 4.69) is 19.4 Å². The van der Waals surface area contributed by atoms with E-state index in [0.29, 0.717) is 5.02 Å². The van der Waals surface area contributed by atoms with Crippen LogP contribution in [0.3, 0.4) is 0 Å². The van der Waals surface area contributed by atoms with E-state index in [1.165, 1.54) is 61.7 Å². The van der Waals surface area contributed by atoms with Crippen molar-refractivity contribution >= 4 is 43.2 Å². The van der Waals surface area contributed by atoms with Gasteiger partial charge in [0.2, 0.25) is 5.88 Å². The first-order chi connectivity index (χ1) is 13.7. The molecule has 12 heteroatoms. The lowest BCUT2D eigenvalue weighted by molar-refractivity contribution is 0.397. The van der Waals surface area contributed by atoms with Crippen LogP contribution in [0.1, 0.15) is 0 Å². The summed E-state index contributed by atoms with van der Waals surface area (Å²) in [6, 6.07) is 12.2. The third-order valence-electron chi connectivity index (χ3n) is 3.63. The summed E-state index contributed by atoms with van der Waals surface area (Å²) in [5.41, 5.74) is 0.197. The Morgan fingerprint density at radius 2 is 1.38 bits per heavy atom. The second kappa shape index (κ2) is 8.23. The molecular formula is C17H15ClN4O5S2. The number of aromatic nitrogens is 2. The van der Waals surface area contributed by atoms with Crippen LogP contribution in [0.2, 0.25) is 5.02 Å². The molecule has 0 radical (unpaired) electrons. The van der Waals surface area contributed by atoms with E-state index < -0.39 is 20.0 Å². The van der Waals surface area contributed by atoms with E-state index in [1.807, 2.05) is 0 Å². The molecule has 0 aliphatic carbocycles. The molecule has 0 atom stereocenters. The minimum atomic E-state index is -3.94. The molecular weight excluding hydrogens is 440 g/mol. The second-order valence-corrected chi connectivity index (χ2v) is 9.44. The minimum absolute atomic E-state index is 0.0259. The highest BCUT2D eigenvalue weighted by Gasteiger charge is 2.17. The Labute approximate surface area is 172 Å². The van der Waals surface area contributed by atoms with Crippen molar-refractivity contribution in [3.05, 3.63) is 65.9 Å². The van der Waals surface area contributed by atoms with Crippen LogP contribution in [0.4, 0.5) is 11.5 Å². The second-order valence-electron chi connectivity index (χ2n) is 5.63. The highest BCUT2D eigenvalue weighted by Crippen LogP contribution is 2.21. The normalized spacial score (nSPS) is 11.7. The van der Waals surface area contributed by atoms with E-state index in [9.17, 15) is 16.8 Å². The van der Waals surface area contributed by atoms with Gasteiger partial charge in [-0.1, -0.05) is 11.6 Å². The molecule has 9 nitrogen and oxygen atoms in total. The molecule has 0 saturated heterocycles. The molecule has 2 aromatic carbocycles. The van der Waals surface area contributed by atoms with Crippen molar-refractivity contribution in [2.75, 3.05) is 16.6 Å². The molecule has 152 valence electrons. The van der Waals surface area contributed by atoms with E-state index in [-0.39, 0.29) is 27.2 Å². The first-order valence-electron chi connectivity index (χ1n) is 7.97. The van der Waals surface area contributed by atoms with Gasteiger partial charge >= 0.3 is 0 Å². The summed E-state index contributed by atoms with van der Waals surface area (Å²) in [4.78, 5) is 7.56. The molecule has 29 heavy (non-hydrogen) atoms. The predicted molar refractivity (Wildman–Crippen MR) is 108 cm³/mol. The number of rotatable bonds is 7. The maximum Gasteiger partial charge on any atom is 0.263 e. The van der Waals surface area contributed by atoms with Gasteiger partial charge in [0, 0.05) is 16.8 Å². The van der Waals surface area contributed by atoms with Crippen molar-refractivity contribution in [2.24, 2.45) is 0 Å². The van der Waals surface area contributed by atoms with Crippen molar-refractivity contribution in [1.82, 2.24) is 9.97 Å². The number of benzene rings is 2. The quantitative estimate of drug-likeness (QED) is 0.561. The maximum absolute atomic E-state index is 12.5. The van der Waals surface area contributed by atoms with Crippen LogP contribution in [0, 0.1) is 0 Å². The molecule has 2 N–H and O–H groups in total. The van der Waals surface area contributed by atoms with Gasteiger partial charge in [-0.3, -0.25) is 9.44 Å². The number of nitrogens with zero attached hydrogens (tertiary/aromatic N) is 2. The molecule has 3 aromatic rings. The zero-order valence-corrected chi connectivity index (χ0v) is 17.3. The number of hydrogen-bond donors (Lipinski definition) is 2. The Morgan fingerprint density at radius 3 is 1.97 bits per heavy atom. The van der Waals surface area contributed by atoms with Crippen LogP contribution in [0.25, 0.3) is 0 Å². The topological polar surface area (TPSA) is 127 Å². The summed E-state index contributed by atoms with van der Waals surface area (Å²) in [7, 11) is -6.39. The van der Waals surface area contributed by atoms with Gasteiger partial charge in [-0.05, 0) is 48.5 Å². The van der Waals surface area contributed by atoms with Gasteiger partial charge in [-0.2, -0.15) is 0 Å². The molecule has 0 unspecified atom stereocenters. The molecule has 0 spiro atoms. The number of anilines is 2. The summed E-state index contributed by atoms with van der Waals surface area (Å²) in [6.45, 7) is 0. The van der Waals surface area contributed by atoms with Crippen LogP contribution in [0.5, 0.6) is 5.88 Å². The highest BCUT2D eigenvalue weighted by atomic mass is 35.5. The van der Waals surface area contributed by atoms with Gasteiger partial charge in [0.05, 0.1) is 16.9 Å². The van der Waals surface area contributed by atoms with Gasteiger partial charge in [0.15, 0.2) is 0 Å². The highest BCUT2D eigenvalue weighted by molar-refractivity contribution is 7.93. The molecule has 0 aliphatic heterocycles. The van der Waals surface area contributed by atoms with Crippen molar-refractivity contribution in [3.8, 4) is 5.88 Å². The number of hydrogen-bond acceptors (Lipinski definition) is 7. The van der Waals surface area contributed by atoms with Gasteiger partial charge < -0.3 is 4.74 Å². The molecule has 1 heterocycles. The Morgan fingerprint density at radius 1 is 0.828 bits per heavy atom. The van der Waals surface area contributed by atoms with Crippen LogP contribution < -0.4 is 14.2 Å². The van der Waals surface area contributed by atoms with E-state index in [4.69, 9.17) is 16.3 Å². The van der Waals surface area contributed by atoms with E-state index in [1.54, 1.807) is 0 Å². The van der Waals surface area contributed by atoms with Crippen molar-refractivity contribution < 1.29 is 21.6 Å². The molecule has 1 aromatic heterocycles. The van der Waals surface area contributed by atoms with Gasteiger partial charge in [-0.25, -0.2) is 26.8 Å². The molecule has 3 rings (SSSR count). The summed E-state index contributed by atoms with van der Waals surface area (Å²) < 4.78 is 59.3. The summed E-state index contributed by atoms with van der Waals surface area (Å²) in [5.74, 6) is 0.231. The Kier molecular flexibility index (Phi) is 5.91. The third kappa shape index (κ3) is 5.13. The average molecular weight is 455 g/mol. The Bertz CT molecular complexity index is 1220. The van der Waals surface area contributed by atoms with E-state index in [0.717, 1.165) is 6.33 Å². The molecule has 0 fully saturated rings. The van der Waals surface area contributed by atoms with Crippen LogP contribution in [-0.2, 0) is 20.0 Å². The van der Waals surface area contributed by atoms with E-state index >= 15 is 0 Å². The lowest BCUT2D eigenvalue weighted by atomic mass is 10.3. The maximum atomic E-state index is 12.5. The van der Waals surface area contributed by atoms with Crippen molar-refractivity contribution in [1.29, 1.82) is 0 Å². The number of halogens is 1. The number of methoxy groups -OCH3 is 1. The number of ether oxygens (including phenoxy) is 1. The lowest BCUT2D eigenvalue weighted by Gasteiger charge is -2.10. The minimum Gasteiger partial charge on any atom is -0.481 e. The molecule has 0 bridgehead atoms. The number of sulfonamides is 2. The van der Waals surface area contributed by atoms with Crippen LogP contribution in [-0.4, -0.2) is 33.9 Å². The first-order valence-corrected chi connectivity index (χ1v) is 11.3. The zero-order valence-electron chi connectivity index (χ0n) is 14.9. The fraction of sp³-hybridized carbons (Fsp3) is 0.0588.